The molecular weight excluding hydrogens is 280 g/mol. The summed E-state index contributed by atoms with van der Waals surface area (Å²) in [6.07, 6.45) is 9.87. The minimum absolute atomic E-state index is 0.0353. The van der Waals surface area contributed by atoms with Gasteiger partial charge in [0, 0.05) is 37.6 Å². The van der Waals surface area contributed by atoms with Gasteiger partial charge < -0.3 is 20.1 Å². The van der Waals surface area contributed by atoms with Crippen LogP contribution in [0.4, 0.5) is 4.79 Å². The maximum Gasteiger partial charge on any atom is 0.317 e. The lowest BCUT2D eigenvalue weighted by atomic mass is 9.58. The first kappa shape index (κ1) is 15.8. The Hall–Kier alpha value is -1.07. The van der Waals surface area contributed by atoms with Crippen LogP contribution >= 0.6 is 0 Å². The van der Waals surface area contributed by atoms with Crippen molar-refractivity contribution in [3.63, 3.8) is 0 Å². The standard InChI is InChI=1S/C17H28N2O3/c1-2-22-15-12-14(20)17(15)8-10-19(11-9-17)16(21)18-13-6-4-3-5-7-13/h4,6,13-15,20H,2-3,5,7-12H2,1H3,(H,18,21)/t13-,14+,15+/m0/s1. The number of carbonyl (C=O) groups excluding carboxylic acids is 1. The molecule has 3 atom stereocenters. The molecule has 5 heteroatoms. The molecule has 0 aromatic carbocycles. The summed E-state index contributed by atoms with van der Waals surface area (Å²) >= 11 is 0. The second-order valence-corrected chi connectivity index (χ2v) is 6.83. The number of rotatable bonds is 3. The molecule has 1 aliphatic heterocycles. The topological polar surface area (TPSA) is 61.8 Å². The van der Waals surface area contributed by atoms with Gasteiger partial charge in [-0.25, -0.2) is 4.79 Å². The summed E-state index contributed by atoms with van der Waals surface area (Å²) in [7, 11) is 0. The summed E-state index contributed by atoms with van der Waals surface area (Å²) in [5.74, 6) is 0. The molecule has 1 heterocycles. The van der Waals surface area contributed by atoms with Crippen LogP contribution in [0.5, 0.6) is 0 Å². The summed E-state index contributed by atoms with van der Waals surface area (Å²) in [6, 6.07) is 0.218. The number of piperidine rings is 1. The Kier molecular flexibility index (Phi) is 4.73. The van der Waals surface area contributed by atoms with Crippen molar-refractivity contribution < 1.29 is 14.6 Å². The Balaban J connectivity index is 1.51. The lowest BCUT2D eigenvalue weighted by Gasteiger charge is -2.56. The van der Waals surface area contributed by atoms with Gasteiger partial charge in [-0.2, -0.15) is 0 Å². The summed E-state index contributed by atoms with van der Waals surface area (Å²) in [5, 5.41) is 13.3. The van der Waals surface area contributed by atoms with Gasteiger partial charge >= 0.3 is 6.03 Å². The van der Waals surface area contributed by atoms with E-state index in [4.69, 9.17) is 4.74 Å². The zero-order chi connectivity index (χ0) is 15.6. The van der Waals surface area contributed by atoms with E-state index in [1.165, 1.54) is 0 Å². The van der Waals surface area contributed by atoms with E-state index in [-0.39, 0.29) is 29.7 Å². The Morgan fingerprint density at radius 1 is 1.45 bits per heavy atom. The Bertz CT molecular complexity index is 428. The van der Waals surface area contributed by atoms with E-state index in [1.807, 2.05) is 11.8 Å². The average molecular weight is 308 g/mol. The highest BCUT2D eigenvalue weighted by atomic mass is 16.5. The van der Waals surface area contributed by atoms with Crippen molar-refractivity contribution in [2.24, 2.45) is 5.41 Å². The molecule has 1 spiro atoms. The maximum absolute atomic E-state index is 12.4. The number of urea groups is 1. The number of amides is 2. The van der Waals surface area contributed by atoms with Gasteiger partial charge in [0.25, 0.3) is 0 Å². The largest absolute Gasteiger partial charge is 0.392 e. The van der Waals surface area contributed by atoms with Gasteiger partial charge in [-0.1, -0.05) is 12.2 Å². The van der Waals surface area contributed by atoms with Crippen LogP contribution in [0.25, 0.3) is 0 Å². The molecule has 2 aliphatic carbocycles. The van der Waals surface area contributed by atoms with Crippen LogP contribution in [0.2, 0.25) is 0 Å². The second-order valence-electron chi connectivity index (χ2n) is 6.83. The Morgan fingerprint density at radius 3 is 2.82 bits per heavy atom. The van der Waals surface area contributed by atoms with Gasteiger partial charge in [-0.15, -0.1) is 0 Å². The van der Waals surface area contributed by atoms with Gasteiger partial charge in [-0.3, -0.25) is 0 Å². The summed E-state index contributed by atoms with van der Waals surface area (Å²) in [5.41, 5.74) is -0.114. The number of carbonyl (C=O) groups is 1. The van der Waals surface area contributed by atoms with E-state index < -0.39 is 0 Å². The van der Waals surface area contributed by atoms with Crippen LogP contribution in [-0.2, 0) is 4.74 Å². The molecular formula is C17H28N2O3. The molecule has 3 aliphatic rings. The quantitative estimate of drug-likeness (QED) is 0.785. The normalized spacial score (nSPS) is 33.5. The minimum Gasteiger partial charge on any atom is -0.392 e. The average Bonchev–Trinajstić information content (AvgIpc) is 2.56. The van der Waals surface area contributed by atoms with Crippen molar-refractivity contribution in [1.29, 1.82) is 0 Å². The van der Waals surface area contributed by atoms with Crippen LogP contribution in [0, 0.1) is 5.41 Å². The molecule has 5 nitrogen and oxygen atoms in total. The second kappa shape index (κ2) is 6.59. The number of nitrogens with one attached hydrogen (secondary N) is 1. The molecule has 0 aromatic rings. The number of aliphatic hydroxyl groups excluding tert-OH is 1. The first-order chi connectivity index (χ1) is 10.7. The zero-order valence-electron chi connectivity index (χ0n) is 13.5. The van der Waals surface area contributed by atoms with E-state index in [1.54, 1.807) is 0 Å². The SMILES string of the molecule is CCO[C@@H]1C[C@@H](O)C12CCN(C(=O)N[C@H]1C=CCCC1)CC2. The number of nitrogens with zero attached hydrogens (tertiary/aromatic N) is 1. The zero-order valence-corrected chi connectivity index (χ0v) is 13.5. The van der Waals surface area contributed by atoms with Crippen LogP contribution < -0.4 is 5.32 Å². The summed E-state index contributed by atoms with van der Waals surface area (Å²) < 4.78 is 5.77. The van der Waals surface area contributed by atoms with Crippen molar-refractivity contribution in [1.82, 2.24) is 10.2 Å². The molecule has 2 N–H and O–H groups in total. The highest BCUT2D eigenvalue weighted by Gasteiger charge is 2.56. The molecule has 0 aromatic heterocycles. The van der Waals surface area contributed by atoms with Gasteiger partial charge in [0.1, 0.15) is 0 Å². The summed E-state index contributed by atoms with van der Waals surface area (Å²) in [4.78, 5) is 14.3. The third kappa shape index (κ3) is 2.88. The lowest BCUT2D eigenvalue weighted by molar-refractivity contribution is -0.207. The van der Waals surface area contributed by atoms with Gasteiger partial charge in [0.2, 0.25) is 0 Å². The molecule has 1 saturated heterocycles. The van der Waals surface area contributed by atoms with Crippen LogP contribution in [-0.4, -0.2) is 54.0 Å². The number of likely N-dealkylation sites (tertiary alicyclic amines) is 1. The molecule has 2 fully saturated rings. The monoisotopic (exact) mass is 308 g/mol. The molecule has 1 saturated carbocycles. The van der Waals surface area contributed by atoms with Crippen molar-refractivity contribution in [2.75, 3.05) is 19.7 Å². The maximum atomic E-state index is 12.4. The smallest absolute Gasteiger partial charge is 0.317 e. The molecule has 22 heavy (non-hydrogen) atoms. The van der Waals surface area contributed by atoms with Gasteiger partial charge in [0.15, 0.2) is 0 Å². The van der Waals surface area contributed by atoms with Gasteiger partial charge in [-0.05, 0) is 39.0 Å². The van der Waals surface area contributed by atoms with Crippen LogP contribution in [0.1, 0.15) is 45.4 Å². The number of hydrogen-bond donors (Lipinski definition) is 2. The van der Waals surface area contributed by atoms with E-state index in [9.17, 15) is 9.90 Å². The molecule has 0 radical (unpaired) electrons. The fraction of sp³-hybridized carbons (Fsp3) is 0.824. The highest BCUT2D eigenvalue weighted by molar-refractivity contribution is 5.75. The van der Waals surface area contributed by atoms with Crippen molar-refractivity contribution in [3.8, 4) is 0 Å². The number of hydrogen-bond acceptors (Lipinski definition) is 3. The lowest BCUT2D eigenvalue weighted by Crippen LogP contribution is -2.63. The molecule has 2 amide bonds. The Labute approximate surface area is 132 Å². The van der Waals surface area contributed by atoms with E-state index in [2.05, 4.69) is 17.5 Å². The number of aliphatic hydroxyl groups is 1. The predicted molar refractivity (Wildman–Crippen MR) is 84.6 cm³/mol. The van der Waals surface area contributed by atoms with Crippen molar-refractivity contribution >= 4 is 6.03 Å². The van der Waals surface area contributed by atoms with Crippen LogP contribution in [0.3, 0.4) is 0 Å². The molecule has 0 unspecified atom stereocenters. The molecule has 3 rings (SSSR count). The van der Waals surface area contributed by atoms with E-state index >= 15 is 0 Å². The van der Waals surface area contributed by atoms with Gasteiger partial charge in [0.05, 0.1) is 12.2 Å². The number of allylic oxidation sites excluding steroid dienone is 1. The minimum atomic E-state index is -0.268. The van der Waals surface area contributed by atoms with Crippen LogP contribution in [0.15, 0.2) is 12.2 Å². The number of ether oxygens (including phenoxy) is 1. The summed E-state index contributed by atoms with van der Waals surface area (Å²) in [6.45, 7) is 4.11. The Morgan fingerprint density at radius 2 is 2.23 bits per heavy atom. The fourth-order valence-electron chi connectivity index (χ4n) is 4.13. The third-order valence-corrected chi connectivity index (χ3v) is 5.65. The van der Waals surface area contributed by atoms with E-state index in [0.717, 1.165) is 38.5 Å². The fourth-order valence-corrected chi connectivity index (χ4v) is 4.13. The highest BCUT2D eigenvalue weighted by Crippen LogP contribution is 2.50. The van der Waals surface area contributed by atoms with E-state index in [0.29, 0.717) is 19.7 Å². The first-order valence-electron chi connectivity index (χ1n) is 8.67. The molecule has 124 valence electrons. The molecule has 0 bridgehead atoms. The van der Waals surface area contributed by atoms with Crippen molar-refractivity contribution in [3.05, 3.63) is 12.2 Å². The predicted octanol–water partition coefficient (Wildman–Crippen LogP) is 2.06. The first-order valence-corrected chi connectivity index (χ1v) is 8.67. The van der Waals surface area contributed by atoms with Crippen molar-refractivity contribution in [2.45, 2.75) is 63.7 Å². The third-order valence-electron chi connectivity index (χ3n) is 5.65.